The number of ether oxygens (including phenoxy) is 1. The molecule has 7 heteroatoms. The van der Waals surface area contributed by atoms with Gasteiger partial charge in [-0.3, -0.25) is 10.1 Å². The summed E-state index contributed by atoms with van der Waals surface area (Å²) in [6.45, 7) is 6.43. The molecule has 6 nitrogen and oxygen atoms in total. The Hall–Kier alpha value is -2.15. The zero-order chi connectivity index (χ0) is 18.3. The van der Waals surface area contributed by atoms with Crippen LogP contribution in [0.2, 0.25) is 0 Å². The third-order valence-electron chi connectivity index (χ3n) is 3.13. The molecule has 0 bridgehead atoms. The zero-order valence-electron chi connectivity index (χ0n) is 14.9. The first-order valence-electron chi connectivity index (χ1n) is 7.73. The van der Waals surface area contributed by atoms with Crippen molar-refractivity contribution in [1.82, 2.24) is 15.5 Å². The molecule has 0 heterocycles. The fourth-order valence-electron chi connectivity index (χ4n) is 2.05. The minimum Gasteiger partial charge on any atom is -0.494 e. The maximum absolute atomic E-state index is 13.6. The molecule has 0 spiro atoms. The number of hydrogen-bond donors (Lipinski definition) is 2. The Morgan fingerprint density at radius 1 is 1.29 bits per heavy atom. The predicted molar refractivity (Wildman–Crippen MR) is 90.3 cm³/mol. The maximum atomic E-state index is 13.6. The maximum Gasteiger partial charge on any atom is 0.321 e. The second-order valence-electron chi connectivity index (χ2n) is 6.71. The SMILES string of the molecule is COc1ccc(CN(C)CCC(=O)NC(=O)NC(C)(C)C)cc1F. The average molecular weight is 339 g/mol. The second-order valence-corrected chi connectivity index (χ2v) is 6.71. The van der Waals surface area contributed by atoms with Crippen LogP contribution in [0, 0.1) is 5.82 Å². The van der Waals surface area contributed by atoms with Crippen LogP contribution >= 0.6 is 0 Å². The molecule has 1 aromatic rings. The van der Waals surface area contributed by atoms with Gasteiger partial charge in [0.1, 0.15) is 0 Å². The van der Waals surface area contributed by atoms with Gasteiger partial charge >= 0.3 is 6.03 Å². The van der Waals surface area contributed by atoms with Gasteiger partial charge in [0.25, 0.3) is 0 Å². The van der Waals surface area contributed by atoms with Gasteiger partial charge in [0.2, 0.25) is 5.91 Å². The zero-order valence-corrected chi connectivity index (χ0v) is 14.9. The van der Waals surface area contributed by atoms with Crippen molar-refractivity contribution < 1.29 is 18.7 Å². The van der Waals surface area contributed by atoms with Crippen LogP contribution in [-0.4, -0.2) is 43.1 Å². The number of carbonyl (C=O) groups excluding carboxylic acids is 2. The van der Waals surface area contributed by atoms with Gasteiger partial charge < -0.3 is 15.0 Å². The number of nitrogens with one attached hydrogen (secondary N) is 2. The van der Waals surface area contributed by atoms with Crippen LogP contribution in [0.1, 0.15) is 32.8 Å². The van der Waals surface area contributed by atoms with Gasteiger partial charge in [-0.05, 0) is 45.5 Å². The van der Waals surface area contributed by atoms with Crippen LogP contribution in [0.3, 0.4) is 0 Å². The summed E-state index contributed by atoms with van der Waals surface area (Å²) in [5, 5.41) is 4.94. The minimum absolute atomic E-state index is 0.173. The molecule has 0 radical (unpaired) electrons. The van der Waals surface area contributed by atoms with Crippen molar-refractivity contribution in [2.75, 3.05) is 20.7 Å². The standard InChI is InChI=1S/C17H26FN3O3/c1-17(2,3)20-16(23)19-15(22)8-9-21(4)11-12-6-7-14(24-5)13(18)10-12/h6-7,10H,8-9,11H2,1-5H3,(H2,19,20,22,23). The van der Waals surface area contributed by atoms with E-state index in [2.05, 4.69) is 10.6 Å². The quantitative estimate of drug-likeness (QED) is 0.834. The number of halogens is 1. The molecule has 2 N–H and O–H groups in total. The number of carbonyl (C=O) groups is 2. The van der Waals surface area contributed by atoms with Crippen LogP contribution in [-0.2, 0) is 11.3 Å². The fraction of sp³-hybridized carbons (Fsp3) is 0.529. The molecule has 0 aromatic heterocycles. The van der Waals surface area contributed by atoms with E-state index in [0.717, 1.165) is 5.56 Å². The molecule has 0 unspecified atom stereocenters. The molecule has 3 amide bonds. The van der Waals surface area contributed by atoms with Gasteiger partial charge in [0.05, 0.1) is 7.11 Å². The Kier molecular flexibility index (Phi) is 7.16. The van der Waals surface area contributed by atoms with Crippen molar-refractivity contribution in [2.24, 2.45) is 0 Å². The first-order chi connectivity index (χ1) is 11.1. The third-order valence-corrected chi connectivity index (χ3v) is 3.13. The summed E-state index contributed by atoms with van der Waals surface area (Å²) in [6, 6.07) is 4.25. The topological polar surface area (TPSA) is 70.7 Å². The molecule has 0 aliphatic rings. The van der Waals surface area contributed by atoms with Crippen LogP contribution in [0.15, 0.2) is 18.2 Å². The van der Waals surface area contributed by atoms with Crippen LogP contribution in [0.5, 0.6) is 5.75 Å². The van der Waals surface area contributed by atoms with Gasteiger partial charge in [-0.2, -0.15) is 0 Å². The van der Waals surface area contributed by atoms with Crippen LogP contribution in [0.4, 0.5) is 9.18 Å². The average Bonchev–Trinajstić information content (AvgIpc) is 2.43. The summed E-state index contributed by atoms with van der Waals surface area (Å²) < 4.78 is 18.5. The van der Waals surface area contributed by atoms with Gasteiger partial charge in [-0.15, -0.1) is 0 Å². The monoisotopic (exact) mass is 339 g/mol. The van der Waals surface area contributed by atoms with Crippen molar-refractivity contribution in [1.29, 1.82) is 0 Å². The van der Waals surface area contributed by atoms with E-state index < -0.39 is 17.4 Å². The van der Waals surface area contributed by atoms with E-state index in [1.165, 1.54) is 13.2 Å². The molecule has 0 aliphatic carbocycles. The molecule has 0 fully saturated rings. The number of amides is 3. The lowest BCUT2D eigenvalue weighted by molar-refractivity contribution is -0.120. The van der Waals surface area contributed by atoms with Gasteiger partial charge in [-0.1, -0.05) is 6.07 Å². The lowest BCUT2D eigenvalue weighted by Gasteiger charge is -2.21. The summed E-state index contributed by atoms with van der Waals surface area (Å²) in [7, 11) is 3.24. The number of benzene rings is 1. The van der Waals surface area contributed by atoms with E-state index in [4.69, 9.17) is 4.74 Å². The summed E-state index contributed by atoms with van der Waals surface area (Å²) in [5.74, 6) is -0.574. The molecular weight excluding hydrogens is 313 g/mol. The minimum atomic E-state index is -0.507. The molecule has 0 aliphatic heterocycles. The predicted octanol–water partition coefficient (Wildman–Crippen LogP) is 2.28. The lowest BCUT2D eigenvalue weighted by Crippen LogP contribution is -2.48. The van der Waals surface area contributed by atoms with E-state index >= 15 is 0 Å². The summed E-state index contributed by atoms with van der Waals surface area (Å²) in [6.07, 6.45) is 0.173. The largest absolute Gasteiger partial charge is 0.494 e. The summed E-state index contributed by atoms with van der Waals surface area (Å²) >= 11 is 0. The molecule has 0 saturated heterocycles. The molecule has 1 aromatic carbocycles. The van der Waals surface area contributed by atoms with Gasteiger partial charge in [-0.25, -0.2) is 9.18 Å². The molecule has 134 valence electrons. The Bertz CT molecular complexity index is 585. The molecule has 1 rings (SSSR count). The highest BCUT2D eigenvalue weighted by Crippen LogP contribution is 2.18. The highest BCUT2D eigenvalue weighted by molar-refractivity contribution is 5.94. The molecule has 0 saturated carbocycles. The van der Waals surface area contributed by atoms with Crippen LogP contribution in [0.25, 0.3) is 0 Å². The highest BCUT2D eigenvalue weighted by Gasteiger charge is 2.16. The first-order valence-corrected chi connectivity index (χ1v) is 7.73. The normalized spacial score (nSPS) is 11.3. The number of rotatable bonds is 6. The van der Waals surface area contributed by atoms with Gasteiger partial charge in [0.15, 0.2) is 11.6 Å². The summed E-state index contributed by atoms with van der Waals surface area (Å²) in [5.41, 5.74) is 0.376. The Morgan fingerprint density at radius 3 is 2.50 bits per heavy atom. The van der Waals surface area contributed by atoms with E-state index in [-0.39, 0.29) is 18.1 Å². The summed E-state index contributed by atoms with van der Waals surface area (Å²) in [4.78, 5) is 25.2. The van der Waals surface area contributed by atoms with Crippen molar-refractivity contribution >= 4 is 11.9 Å². The molecular formula is C17H26FN3O3. The van der Waals surface area contributed by atoms with Crippen molar-refractivity contribution in [2.45, 2.75) is 39.3 Å². The van der Waals surface area contributed by atoms with E-state index in [9.17, 15) is 14.0 Å². The van der Waals surface area contributed by atoms with E-state index in [1.807, 2.05) is 32.7 Å². The first kappa shape index (κ1) is 19.9. The third kappa shape index (κ3) is 7.41. The molecule has 0 atom stereocenters. The highest BCUT2D eigenvalue weighted by atomic mass is 19.1. The van der Waals surface area contributed by atoms with Crippen LogP contribution < -0.4 is 15.4 Å². The number of methoxy groups -OCH3 is 1. The smallest absolute Gasteiger partial charge is 0.321 e. The van der Waals surface area contributed by atoms with Crippen molar-refractivity contribution in [3.8, 4) is 5.75 Å². The fourth-order valence-corrected chi connectivity index (χ4v) is 2.05. The number of imide groups is 1. The second kappa shape index (κ2) is 8.63. The Morgan fingerprint density at radius 2 is 1.96 bits per heavy atom. The number of hydrogen-bond acceptors (Lipinski definition) is 4. The lowest BCUT2D eigenvalue weighted by atomic mass is 10.1. The van der Waals surface area contributed by atoms with Crippen molar-refractivity contribution in [3.63, 3.8) is 0 Å². The Labute approximate surface area is 142 Å². The Balaban J connectivity index is 2.40. The van der Waals surface area contributed by atoms with E-state index in [0.29, 0.717) is 13.1 Å². The van der Waals surface area contributed by atoms with E-state index in [1.54, 1.807) is 12.1 Å². The molecule has 24 heavy (non-hydrogen) atoms. The number of nitrogens with zero attached hydrogens (tertiary/aromatic N) is 1. The van der Waals surface area contributed by atoms with Gasteiger partial charge in [0, 0.05) is 25.0 Å². The van der Waals surface area contributed by atoms with Crippen molar-refractivity contribution in [3.05, 3.63) is 29.6 Å². The number of urea groups is 1.